The minimum atomic E-state index is -0.920. The number of fused-ring (bicyclic) bond motifs is 1. The molecule has 4 nitrogen and oxygen atoms in total. The van der Waals surface area contributed by atoms with Gasteiger partial charge in [-0.05, 0) is 35.3 Å². The zero-order valence-corrected chi connectivity index (χ0v) is 10.9. The SMILES string of the molecule is Cc1nsc(-c2ccc(C(=O)O)c3ccccc23)n1. The van der Waals surface area contributed by atoms with Gasteiger partial charge in [-0.15, -0.1) is 0 Å². The highest BCUT2D eigenvalue weighted by atomic mass is 32.1. The van der Waals surface area contributed by atoms with Gasteiger partial charge < -0.3 is 5.11 Å². The largest absolute Gasteiger partial charge is 0.478 e. The van der Waals surface area contributed by atoms with Gasteiger partial charge in [0, 0.05) is 5.56 Å². The lowest BCUT2D eigenvalue weighted by Crippen LogP contribution is -1.97. The Morgan fingerprint density at radius 2 is 1.89 bits per heavy atom. The number of carboxylic acids is 1. The third-order valence-corrected chi connectivity index (χ3v) is 3.75. The predicted octanol–water partition coefficient (Wildman–Crippen LogP) is 3.36. The molecule has 0 saturated heterocycles. The van der Waals surface area contributed by atoms with Gasteiger partial charge in [0.15, 0.2) is 0 Å². The van der Waals surface area contributed by atoms with E-state index in [1.165, 1.54) is 11.5 Å². The standard InChI is InChI=1S/C14H10N2O2S/c1-8-15-13(19-16-8)11-6-7-12(14(17)18)10-5-3-2-4-9(10)11/h2-7H,1H3,(H,17,18). The molecule has 0 unspecified atom stereocenters. The molecule has 0 aliphatic rings. The number of nitrogens with zero attached hydrogens (tertiary/aromatic N) is 2. The van der Waals surface area contributed by atoms with E-state index in [0.717, 1.165) is 27.2 Å². The summed E-state index contributed by atoms with van der Waals surface area (Å²) in [6.45, 7) is 1.84. The van der Waals surface area contributed by atoms with Crippen LogP contribution in [0.3, 0.4) is 0 Å². The third-order valence-electron chi connectivity index (χ3n) is 2.91. The van der Waals surface area contributed by atoms with E-state index in [2.05, 4.69) is 9.36 Å². The van der Waals surface area contributed by atoms with Crippen molar-refractivity contribution in [2.75, 3.05) is 0 Å². The van der Waals surface area contributed by atoms with E-state index in [1.54, 1.807) is 12.1 Å². The van der Waals surface area contributed by atoms with Crippen LogP contribution < -0.4 is 0 Å². The Balaban J connectivity index is 2.34. The normalized spacial score (nSPS) is 10.8. The quantitative estimate of drug-likeness (QED) is 0.775. The minimum Gasteiger partial charge on any atom is -0.478 e. The molecule has 1 N–H and O–H groups in total. The van der Waals surface area contributed by atoms with E-state index in [0.29, 0.717) is 5.56 Å². The molecule has 3 rings (SSSR count). The van der Waals surface area contributed by atoms with Gasteiger partial charge in [-0.3, -0.25) is 0 Å². The summed E-state index contributed by atoms with van der Waals surface area (Å²) in [6, 6.07) is 10.9. The van der Waals surface area contributed by atoms with E-state index >= 15 is 0 Å². The van der Waals surface area contributed by atoms with E-state index in [1.807, 2.05) is 31.2 Å². The fourth-order valence-corrected chi connectivity index (χ4v) is 2.79. The van der Waals surface area contributed by atoms with Gasteiger partial charge >= 0.3 is 5.97 Å². The van der Waals surface area contributed by atoms with Gasteiger partial charge in [-0.1, -0.05) is 30.3 Å². The summed E-state index contributed by atoms with van der Waals surface area (Å²) >= 11 is 1.32. The summed E-state index contributed by atoms with van der Waals surface area (Å²) in [6.07, 6.45) is 0. The van der Waals surface area contributed by atoms with Crippen LogP contribution in [0.1, 0.15) is 16.2 Å². The Labute approximate surface area is 113 Å². The first kappa shape index (κ1) is 11.8. The maximum Gasteiger partial charge on any atom is 0.336 e. The Morgan fingerprint density at radius 3 is 2.53 bits per heavy atom. The first-order chi connectivity index (χ1) is 9.16. The first-order valence-corrected chi connectivity index (χ1v) is 6.50. The van der Waals surface area contributed by atoms with Gasteiger partial charge in [0.05, 0.1) is 5.56 Å². The monoisotopic (exact) mass is 270 g/mol. The van der Waals surface area contributed by atoms with Crippen LogP contribution in [0.5, 0.6) is 0 Å². The van der Waals surface area contributed by atoms with Crippen molar-refractivity contribution in [3.05, 3.63) is 47.8 Å². The molecule has 0 amide bonds. The average Bonchev–Trinajstić information content (AvgIpc) is 2.83. The number of benzene rings is 2. The van der Waals surface area contributed by atoms with E-state index in [9.17, 15) is 9.90 Å². The maximum absolute atomic E-state index is 11.2. The number of carboxylic acid groups (broad SMARTS) is 1. The molecule has 1 heterocycles. The highest BCUT2D eigenvalue weighted by Crippen LogP contribution is 2.31. The third kappa shape index (κ3) is 1.98. The van der Waals surface area contributed by atoms with Crippen molar-refractivity contribution in [3.8, 4) is 10.6 Å². The first-order valence-electron chi connectivity index (χ1n) is 5.72. The highest BCUT2D eigenvalue weighted by Gasteiger charge is 2.13. The van der Waals surface area contributed by atoms with E-state index < -0.39 is 5.97 Å². The van der Waals surface area contributed by atoms with Crippen LogP contribution in [0.15, 0.2) is 36.4 Å². The number of aryl methyl sites for hydroxylation is 1. The van der Waals surface area contributed by atoms with Gasteiger partial charge in [0.2, 0.25) is 0 Å². The Kier molecular flexibility index (Phi) is 2.76. The second-order valence-electron chi connectivity index (χ2n) is 4.16. The molecule has 2 aromatic carbocycles. The second kappa shape index (κ2) is 4.44. The van der Waals surface area contributed by atoms with Gasteiger partial charge in [0.25, 0.3) is 0 Å². The van der Waals surface area contributed by atoms with E-state index in [-0.39, 0.29) is 0 Å². The lowest BCUT2D eigenvalue weighted by Gasteiger charge is -2.06. The molecular weight excluding hydrogens is 260 g/mol. The fraction of sp³-hybridized carbons (Fsp3) is 0.0714. The van der Waals surface area contributed by atoms with Crippen molar-refractivity contribution in [2.45, 2.75) is 6.92 Å². The summed E-state index contributed by atoms with van der Waals surface area (Å²) in [5.41, 5.74) is 1.23. The van der Waals surface area contributed by atoms with Crippen molar-refractivity contribution in [2.24, 2.45) is 0 Å². The molecule has 0 radical (unpaired) electrons. The van der Waals surface area contributed by atoms with Crippen LogP contribution in [-0.2, 0) is 0 Å². The van der Waals surface area contributed by atoms with Crippen LogP contribution >= 0.6 is 11.5 Å². The summed E-state index contributed by atoms with van der Waals surface area (Å²) in [5, 5.41) is 11.6. The summed E-state index contributed by atoms with van der Waals surface area (Å²) in [7, 11) is 0. The predicted molar refractivity (Wildman–Crippen MR) is 74.5 cm³/mol. The highest BCUT2D eigenvalue weighted by molar-refractivity contribution is 7.09. The number of hydrogen-bond donors (Lipinski definition) is 1. The molecule has 1 aromatic heterocycles. The second-order valence-corrected chi connectivity index (χ2v) is 4.91. The number of aromatic carboxylic acids is 1. The Morgan fingerprint density at radius 1 is 1.16 bits per heavy atom. The van der Waals surface area contributed by atoms with Crippen molar-refractivity contribution in [1.82, 2.24) is 9.36 Å². The van der Waals surface area contributed by atoms with Crippen LogP contribution in [0.2, 0.25) is 0 Å². The molecule has 5 heteroatoms. The smallest absolute Gasteiger partial charge is 0.336 e. The van der Waals surface area contributed by atoms with Crippen LogP contribution in [0.4, 0.5) is 0 Å². The van der Waals surface area contributed by atoms with Crippen LogP contribution in [0.25, 0.3) is 21.3 Å². The van der Waals surface area contributed by atoms with Crippen LogP contribution in [0, 0.1) is 6.92 Å². The van der Waals surface area contributed by atoms with Gasteiger partial charge in [0.1, 0.15) is 10.8 Å². The number of hydrogen-bond acceptors (Lipinski definition) is 4. The van der Waals surface area contributed by atoms with Gasteiger partial charge in [-0.2, -0.15) is 4.37 Å². The van der Waals surface area contributed by atoms with Crippen molar-refractivity contribution in [1.29, 1.82) is 0 Å². The number of carbonyl (C=O) groups is 1. The molecule has 0 spiro atoms. The number of aromatic nitrogens is 2. The maximum atomic E-state index is 11.2. The fourth-order valence-electron chi connectivity index (χ4n) is 2.08. The zero-order chi connectivity index (χ0) is 13.4. The molecule has 0 aliphatic heterocycles. The van der Waals surface area contributed by atoms with Crippen LogP contribution in [-0.4, -0.2) is 20.4 Å². The Bertz CT molecular complexity index is 780. The molecule has 94 valence electrons. The number of rotatable bonds is 2. The summed E-state index contributed by atoms with van der Waals surface area (Å²) in [5.74, 6) is -0.192. The molecule has 0 saturated carbocycles. The topological polar surface area (TPSA) is 63.1 Å². The lowest BCUT2D eigenvalue weighted by molar-refractivity contribution is 0.0699. The molecule has 0 bridgehead atoms. The molecule has 0 fully saturated rings. The zero-order valence-electron chi connectivity index (χ0n) is 10.1. The summed E-state index contributed by atoms with van der Waals surface area (Å²) in [4.78, 5) is 15.6. The van der Waals surface area contributed by atoms with Crippen molar-refractivity contribution in [3.63, 3.8) is 0 Å². The average molecular weight is 270 g/mol. The summed E-state index contributed by atoms with van der Waals surface area (Å²) < 4.78 is 4.17. The molecular formula is C14H10N2O2S. The molecule has 3 aromatic rings. The lowest BCUT2D eigenvalue weighted by atomic mass is 10.00. The Hall–Kier alpha value is -2.27. The minimum absolute atomic E-state index is 0.306. The molecule has 19 heavy (non-hydrogen) atoms. The van der Waals surface area contributed by atoms with E-state index in [4.69, 9.17) is 0 Å². The van der Waals surface area contributed by atoms with Gasteiger partial charge in [-0.25, -0.2) is 9.78 Å². The molecule has 0 atom stereocenters. The van der Waals surface area contributed by atoms with Crippen molar-refractivity contribution < 1.29 is 9.90 Å². The molecule has 0 aliphatic carbocycles. The van der Waals surface area contributed by atoms with Crippen molar-refractivity contribution >= 4 is 28.3 Å².